The molecule has 5 nitrogen and oxygen atoms in total. The first-order valence-corrected chi connectivity index (χ1v) is 6.72. The average molecular weight is 255 g/mol. The molecular formula is C13H21NO4. The number of hydrogen-bond acceptors (Lipinski definition) is 4. The molecule has 1 saturated carbocycles. The first-order valence-electron chi connectivity index (χ1n) is 6.72. The molecule has 1 unspecified atom stereocenters. The van der Waals surface area contributed by atoms with E-state index < -0.39 is 10.5 Å². The van der Waals surface area contributed by atoms with Crippen LogP contribution in [0.1, 0.15) is 64.7 Å². The fourth-order valence-corrected chi connectivity index (χ4v) is 2.47. The van der Waals surface area contributed by atoms with Crippen LogP contribution >= 0.6 is 0 Å². The van der Waals surface area contributed by atoms with Gasteiger partial charge in [0.05, 0.1) is 0 Å². The second-order valence-electron chi connectivity index (χ2n) is 5.06. The van der Waals surface area contributed by atoms with Gasteiger partial charge in [0.15, 0.2) is 0 Å². The average Bonchev–Trinajstić information content (AvgIpc) is 2.35. The molecule has 0 saturated heterocycles. The summed E-state index contributed by atoms with van der Waals surface area (Å²) in [4.78, 5) is 34.1. The molecule has 1 atom stereocenters. The molecular weight excluding hydrogens is 234 g/mol. The number of carbonyl (C=O) groups is 2. The van der Waals surface area contributed by atoms with Crippen molar-refractivity contribution in [3.05, 3.63) is 10.1 Å². The first kappa shape index (κ1) is 14.8. The maximum atomic E-state index is 11.8. The van der Waals surface area contributed by atoms with Crippen molar-refractivity contribution in [2.24, 2.45) is 0 Å². The maximum Gasteiger partial charge on any atom is 0.279 e. The smallest absolute Gasteiger partial charge is 0.279 e. The van der Waals surface area contributed by atoms with Crippen molar-refractivity contribution in [1.82, 2.24) is 0 Å². The van der Waals surface area contributed by atoms with Gasteiger partial charge in [-0.15, -0.1) is 0 Å². The summed E-state index contributed by atoms with van der Waals surface area (Å²) >= 11 is 0. The monoisotopic (exact) mass is 255 g/mol. The molecule has 0 aromatic heterocycles. The number of carbonyl (C=O) groups excluding carboxylic acids is 2. The summed E-state index contributed by atoms with van der Waals surface area (Å²) in [5.41, 5.74) is -1.47. The van der Waals surface area contributed by atoms with Crippen LogP contribution in [0.2, 0.25) is 0 Å². The Morgan fingerprint density at radius 1 is 1.39 bits per heavy atom. The highest BCUT2D eigenvalue weighted by Crippen LogP contribution is 2.32. The van der Waals surface area contributed by atoms with Crippen molar-refractivity contribution in [1.29, 1.82) is 0 Å². The van der Waals surface area contributed by atoms with Gasteiger partial charge in [0.1, 0.15) is 5.78 Å². The van der Waals surface area contributed by atoms with E-state index in [-0.39, 0.29) is 30.8 Å². The van der Waals surface area contributed by atoms with E-state index in [9.17, 15) is 19.7 Å². The Morgan fingerprint density at radius 2 is 2.11 bits per heavy atom. The second kappa shape index (κ2) is 6.61. The summed E-state index contributed by atoms with van der Waals surface area (Å²) in [5.74, 6) is -0.251. The lowest BCUT2D eigenvalue weighted by molar-refractivity contribution is -0.555. The number of nitrogens with zero attached hydrogens (tertiary/aromatic N) is 1. The van der Waals surface area contributed by atoms with Crippen molar-refractivity contribution < 1.29 is 14.5 Å². The van der Waals surface area contributed by atoms with Gasteiger partial charge < -0.3 is 0 Å². The molecule has 0 aromatic rings. The molecule has 1 fully saturated rings. The first-order chi connectivity index (χ1) is 8.53. The predicted octanol–water partition coefficient (Wildman–Crippen LogP) is 2.68. The molecule has 102 valence electrons. The fraction of sp³-hybridized carbons (Fsp3) is 0.846. The van der Waals surface area contributed by atoms with Crippen LogP contribution in [0, 0.1) is 10.1 Å². The van der Waals surface area contributed by atoms with Gasteiger partial charge in [0.25, 0.3) is 5.54 Å². The molecule has 0 N–H and O–H groups in total. The third kappa shape index (κ3) is 3.37. The van der Waals surface area contributed by atoms with Crippen molar-refractivity contribution in [3.8, 4) is 0 Å². The van der Waals surface area contributed by atoms with Gasteiger partial charge in [-0.2, -0.15) is 0 Å². The van der Waals surface area contributed by atoms with E-state index in [2.05, 4.69) is 0 Å². The van der Waals surface area contributed by atoms with E-state index in [1.165, 1.54) is 0 Å². The van der Waals surface area contributed by atoms with Crippen LogP contribution in [0.4, 0.5) is 0 Å². The summed E-state index contributed by atoms with van der Waals surface area (Å²) in [6.45, 7) is 2.00. The van der Waals surface area contributed by atoms with Crippen LogP contribution in [0.5, 0.6) is 0 Å². The van der Waals surface area contributed by atoms with Crippen molar-refractivity contribution >= 4 is 11.6 Å². The molecule has 0 amide bonds. The molecule has 1 rings (SSSR count). The van der Waals surface area contributed by atoms with Crippen molar-refractivity contribution in [3.63, 3.8) is 0 Å². The van der Waals surface area contributed by atoms with Gasteiger partial charge in [-0.3, -0.25) is 19.7 Å². The van der Waals surface area contributed by atoms with Gasteiger partial charge in [-0.05, 0) is 19.3 Å². The standard InChI is InChI=1S/C13H21NO4/c1-2-3-6-11(15)8-10-13(14(17)18)9-5-4-7-12(13)16/h2-10H2,1H3. The van der Waals surface area contributed by atoms with E-state index in [0.29, 0.717) is 19.3 Å². The fourth-order valence-electron chi connectivity index (χ4n) is 2.47. The van der Waals surface area contributed by atoms with Gasteiger partial charge in [0, 0.05) is 37.0 Å². The zero-order valence-corrected chi connectivity index (χ0v) is 10.9. The van der Waals surface area contributed by atoms with Gasteiger partial charge in [0.2, 0.25) is 5.78 Å². The number of ketones is 2. The lowest BCUT2D eigenvalue weighted by Crippen LogP contribution is -2.48. The van der Waals surface area contributed by atoms with E-state index >= 15 is 0 Å². The number of rotatable bonds is 7. The molecule has 0 aromatic carbocycles. The van der Waals surface area contributed by atoms with Gasteiger partial charge in [-0.25, -0.2) is 0 Å². The molecule has 0 aliphatic heterocycles. The summed E-state index contributed by atoms with van der Waals surface area (Å²) in [6, 6.07) is 0. The van der Waals surface area contributed by atoms with E-state index in [1.807, 2.05) is 6.92 Å². The summed E-state index contributed by atoms with van der Waals surface area (Å²) < 4.78 is 0. The zero-order valence-electron chi connectivity index (χ0n) is 10.9. The maximum absolute atomic E-state index is 11.8. The number of nitro groups is 1. The molecule has 0 radical (unpaired) electrons. The third-order valence-electron chi connectivity index (χ3n) is 3.74. The summed E-state index contributed by atoms with van der Waals surface area (Å²) in [6.07, 6.45) is 4.48. The highest BCUT2D eigenvalue weighted by molar-refractivity contribution is 5.88. The Bertz CT molecular complexity index is 340. The van der Waals surface area contributed by atoms with E-state index in [0.717, 1.165) is 19.3 Å². The molecule has 5 heteroatoms. The second-order valence-corrected chi connectivity index (χ2v) is 5.06. The Kier molecular flexibility index (Phi) is 5.44. The largest absolute Gasteiger partial charge is 0.300 e. The van der Waals surface area contributed by atoms with Gasteiger partial charge >= 0.3 is 0 Å². The minimum absolute atomic E-state index is 0.0384. The molecule has 0 bridgehead atoms. The SMILES string of the molecule is CCCCC(=O)CCC1([N+](=O)[O-])CCCCC1=O. The highest BCUT2D eigenvalue weighted by atomic mass is 16.6. The van der Waals surface area contributed by atoms with E-state index in [4.69, 9.17) is 0 Å². The van der Waals surface area contributed by atoms with Crippen molar-refractivity contribution in [2.75, 3.05) is 0 Å². The summed E-state index contributed by atoms with van der Waals surface area (Å²) in [5, 5.41) is 11.2. The van der Waals surface area contributed by atoms with Crippen LogP contribution < -0.4 is 0 Å². The third-order valence-corrected chi connectivity index (χ3v) is 3.74. The molecule has 1 aliphatic rings. The normalized spacial score (nSPS) is 23.9. The zero-order chi connectivity index (χ0) is 13.6. The predicted molar refractivity (Wildman–Crippen MR) is 67.0 cm³/mol. The number of hydrogen-bond donors (Lipinski definition) is 0. The van der Waals surface area contributed by atoms with Crippen molar-refractivity contribution in [2.45, 2.75) is 70.3 Å². The lowest BCUT2D eigenvalue weighted by Gasteiger charge is -2.27. The Balaban J connectivity index is 2.61. The minimum atomic E-state index is -1.47. The van der Waals surface area contributed by atoms with Crippen LogP contribution in [-0.4, -0.2) is 22.0 Å². The van der Waals surface area contributed by atoms with Crippen LogP contribution in [0.15, 0.2) is 0 Å². The molecule has 18 heavy (non-hydrogen) atoms. The highest BCUT2D eigenvalue weighted by Gasteiger charge is 2.50. The Labute approximate surface area is 107 Å². The van der Waals surface area contributed by atoms with Crippen LogP contribution in [0.25, 0.3) is 0 Å². The van der Waals surface area contributed by atoms with Crippen LogP contribution in [-0.2, 0) is 9.59 Å². The Morgan fingerprint density at radius 3 is 2.67 bits per heavy atom. The minimum Gasteiger partial charge on any atom is -0.300 e. The number of unbranched alkanes of at least 4 members (excludes halogenated alkanes) is 1. The summed E-state index contributed by atoms with van der Waals surface area (Å²) in [7, 11) is 0. The van der Waals surface area contributed by atoms with Crippen LogP contribution in [0.3, 0.4) is 0 Å². The molecule has 1 aliphatic carbocycles. The topological polar surface area (TPSA) is 77.3 Å². The van der Waals surface area contributed by atoms with Gasteiger partial charge in [-0.1, -0.05) is 13.3 Å². The molecule has 0 heterocycles. The number of Topliss-reactive ketones (excluding diaryl/α,β-unsaturated/α-hetero) is 2. The Hall–Kier alpha value is -1.26. The quantitative estimate of drug-likeness (QED) is 0.517. The molecule has 0 spiro atoms. The lowest BCUT2D eigenvalue weighted by atomic mass is 9.77. The van der Waals surface area contributed by atoms with E-state index in [1.54, 1.807) is 0 Å².